The predicted octanol–water partition coefficient (Wildman–Crippen LogP) is 2.48. The molecular weight excluding hydrogens is 630 g/mol. The molecule has 0 N–H and O–H groups in total. The molecule has 5 heteroatoms. The monoisotopic (exact) mass is 653 g/mol. The molecule has 1 heterocycles. The molecule has 1 fully saturated rings. The Balaban J connectivity index is 0.00000160. The van der Waals surface area contributed by atoms with E-state index in [0.29, 0.717) is 24.1 Å². The molecule has 0 spiro atoms. The third kappa shape index (κ3) is 5.27. The van der Waals surface area contributed by atoms with E-state index < -0.39 is 0 Å². The zero-order valence-corrected chi connectivity index (χ0v) is 23.8. The molecule has 3 aromatic rings. The summed E-state index contributed by atoms with van der Waals surface area (Å²) in [7, 11) is 0. The van der Waals surface area contributed by atoms with Crippen molar-refractivity contribution < 1.29 is 53.8 Å². The van der Waals surface area contributed by atoms with E-state index in [2.05, 4.69) is 24.0 Å². The van der Waals surface area contributed by atoms with Crippen LogP contribution in [0.25, 0.3) is 0 Å². The van der Waals surface area contributed by atoms with E-state index in [1.54, 1.807) is 12.1 Å². The number of benzene rings is 3. The van der Waals surface area contributed by atoms with Crippen LogP contribution in [0.2, 0.25) is 0 Å². The van der Waals surface area contributed by atoms with Crippen molar-refractivity contribution in [2.24, 2.45) is 5.92 Å². The average molecular weight is 653 g/mol. The van der Waals surface area contributed by atoms with Crippen LogP contribution in [-0.4, -0.2) is 16.7 Å². The Kier molecular flexibility index (Phi) is 9.39. The minimum absolute atomic E-state index is 0. The van der Waals surface area contributed by atoms with Crippen molar-refractivity contribution >= 4 is 5.78 Å². The molecule has 3 aromatic carbocycles. The van der Waals surface area contributed by atoms with E-state index in [4.69, 9.17) is 0 Å². The molecule has 30 heavy (non-hydrogen) atoms. The molecule has 0 amide bonds. The number of carbonyl (C=O) groups excluding carboxylic acids is 1. The summed E-state index contributed by atoms with van der Waals surface area (Å²) in [6.45, 7) is 4.93. The molecule has 1 aliphatic heterocycles. The third-order valence-corrected chi connectivity index (χ3v) is 5.56. The van der Waals surface area contributed by atoms with Crippen molar-refractivity contribution in [1.29, 1.82) is 0 Å². The summed E-state index contributed by atoms with van der Waals surface area (Å²) in [5, 5.41) is 0. The minimum Gasteiger partial charge on any atom is -1.00 e. The minimum atomic E-state index is -0.336. The van der Waals surface area contributed by atoms with Crippen LogP contribution in [-0.2, 0) is 34.2 Å². The summed E-state index contributed by atoms with van der Waals surface area (Å²) in [5.41, 5.74) is 2.37. The molecule has 0 bridgehead atoms. The normalized spacial score (nSPS) is 20.8. The maximum absolute atomic E-state index is 14.8. The molecule has 3 atom stereocenters. The Morgan fingerprint density at radius 1 is 0.933 bits per heavy atom. The van der Waals surface area contributed by atoms with Crippen molar-refractivity contribution in [3.05, 3.63) is 114 Å². The zero-order valence-electron chi connectivity index (χ0n) is 16.8. The molecular formula is C25H23BrFHgNO. The fraction of sp³-hybridized carbons (Fsp3) is 0.200. The third-order valence-electron chi connectivity index (χ3n) is 5.56. The van der Waals surface area contributed by atoms with Gasteiger partial charge in [-0.05, 0) is 25.0 Å². The Morgan fingerprint density at radius 3 is 2.13 bits per heavy atom. The summed E-state index contributed by atoms with van der Waals surface area (Å²) in [4.78, 5) is 15.5. The van der Waals surface area contributed by atoms with Gasteiger partial charge in [-0.15, -0.1) is 0 Å². The second-order valence-electron chi connectivity index (χ2n) is 7.35. The number of nitrogens with zero attached hydrogens (tertiary/aromatic N) is 1. The molecule has 0 aliphatic carbocycles. The smallest absolute Gasteiger partial charge is 1.00 e. The van der Waals surface area contributed by atoms with Gasteiger partial charge in [0.05, 0.1) is 0 Å². The summed E-state index contributed by atoms with van der Waals surface area (Å²) < 4.78 is 14.8. The topological polar surface area (TPSA) is 20.3 Å². The average Bonchev–Trinajstić information content (AvgIpc) is 3.05. The van der Waals surface area contributed by atoms with Crippen LogP contribution >= 0.6 is 0 Å². The van der Waals surface area contributed by atoms with E-state index in [9.17, 15) is 9.18 Å². The number of Topliss-reactive ketones (excluding diaryl/α,β-unsaturated/α-hetero) is 1. The first-order chi connectivity index (χ1) is 13.6. The first-order valence-corrected chi connectivity index (χ1v) is 9.61. The van der Waals surface area contributed by atoms with Gasteiger partial charge in [0.1, 0.15) is 5.82 Å². The van der Waals surface area contributed by atoms with E-state index in [1.807, 2.05) is 54.6 Å². The first-order valence-electron chi connectivity index (χ1n) is 9.61. The maximum Gasteiger partial charge on any atom is 1.00 e. The van der Waals surface area contributed by atoms with Crippen molar-refractivity contribution in [3.63, 3.8) is 0 Å². The van der Waals surface area contributed by atoms with Gasteiger partial charge in [-0.3, -0.25) is 9.69 Å². The van der Waals surface area contributed by atoms with Crippen LogP contribution in [0.3, 0.4) is 0 Å². The maximum atomic E-state index is 14.8. The summed E-state index contributed by atoms with van der Waals surface area (Å²) >= 11 is 0. The number of hydrogen-bond acceptors (Lipinski definition) is 2. The van der Waals surface area contributed by atoms with Gasteiger partial charge in [-0.2, -0.15) is 0 Å². The predicted molar refractivity (Wildman–Crippen MR) is 109 cm³/mol. The second-order valence-corrected chi connectivity index (χ2v) is 7.35. The Labute approximate surface area is 208 Å². The SMILES string of the molecule is [Br-].[CH2][C@H]1C[C@H](C(=O)c2ccccc2)[C@H](c2ccccc2F)N1Cc1ccccc1.[Hg+]. The van der Waals surface area contributed by atoms with Gasteiger partial charge < -0.3 is 17.0 Å². The van der Waals surface area contributed by atoms with Gasteiger partial charge in [0.25, 0.3) is 0 Å². The van der Waals surface area contributed by atoms with Crippen LogP contribution in [0, 0.1) is 18.7 Å². The second kappa shape index (κ2) is 11.3. The van der Waals surface area contributed by atoms with Crippen molar-refractivity contribution in [1.82, 2.24) is 4.90 Å². The van der Waals surface area contributed by atoms with Crippen molar-refractivity contribution in [2.45, 2.75) is 25.0 Å². The van der Waals surface area contributed by atoms with Crippen LogP contribution in [0.4, 0.5) is 4.39 Å². The van der Waals surface area contributed by atoms with Gasteiger partial charge in [0.15, 0.2) is 5.78 Å². The Bertz CT molecular complexity index is 954. The molecule has 0 unspecified atom stereocenters. The summed E-state index contributed by atoms with van der Waals surface area (Å²) in [5.74, 6) is -0.547. The standard InChI is InChI=1S/C25H23FNO.BrH.Hg/c1-18-16-22(25(28)20-12-6-3-7-13-20)24(21-14-8-9-15-23(21)26)27(18)17-19-10-4-2-5-11-19;;/h2-15,18,22,24H,1,16-17H2;1H;/q;;+1/p-1/t18-,22-,24-;;/m0../s1. The number of rotatable bonds is 5. The van der Waals surface area contributed by atoms with E-state index >= 15 is 0 Å². The molecule has 1 saturated heterocycles. The summed E-state index contributed by atoms with van der Waals surface area (Å²) in [6.07, 6.45) is 0.611. The van der Waals surface area contributed by atoms with Crippen LogP contribution < -0.4 is 17.0 Å². The zero-order chi connectivity index (χ0) is 19.5. The molecule has 4 rings (SSSR count). The van der Waals surface area contributed by atoms with Gasteiger partial charge in [-0.1, -0.05) is 78.9 Å². The van der Waals surface area contributed by atoms with Gasteiger partial charge >= 0.3 is 27.7 Å². The molecule has 2 nitrogen and oxygen atoms in total. The fourth-order valence-electron chi connectivity index (χ4n) is 4.21. The number of carbonyl (C=O) groups is 1. The molecule has 1 aliphatic rings. The first kappa shape index (κ1) is 24.9. The Hall–Kier alpha value is -1.36. The van der Waals surface area contributed by atoms with Gasteiger partial charge in [-0.25, -0.2) is 4.39 Å². The van der Waals surface area contributed by atoms with Crippen LogP contribution in [0.5, 0.6) is 0 Å². The summed E-state index contributed by atoms with van der Waals surface area (Å²) in [6, 6.07) is 25.7. The number of ketones is 1. The van der Waals surface area contributed by atoms with Crippen LogP contribution in [0.1, 0.15) is 33.9 Å². The van der Waals surface area contributed by atoms with Crippen molar-refractivity contribution in [3.8, 4) is 0 Å². The fourth-order valence-corrected chi connectivity index (χ4v) is 4.21. The Morgan fingerprint density at radius 2 is 1.50 bits per heavy atom. The van der Waals surface area contributed by atoms with Crippen molar-refractivity contribution in [2.75, 3.05) is 0 Å². The number of likely N-dealkylation sites (tertiary alicyclic amines) is 1. The van der Waals surface area contributed by atoms with E-state index in [1.165, 1.54) is 6.07 Å². The quantitative estimate of drug-likeness (QED) is 0.312. The number of hydrogen-bond donors (Lipinski definition) is 0. The molecule has 0 saturated carbocycles. The number of halogens is 2. The molecule has 0 aromatic heterocycles. The van der Waals surface area contributed by atoms with E-state index in [-0.39, 0.29) is 74.3 Å². The molecule has 150 valence electrons. The van der Waals surface area contributed by atoms with Crippen LogP contribution in [0.15, 0.2) is 84.9 Å². The van der Waals surface area contributed by atoms with Gasteiger partial charge in [0, 0.05) is 35.7 Å². The van der Waals surface area contributed by atoms with Gasteiger partial charge in [0.2, 0.25) is 0 Å². The molecule has 2 radical (unpaired) electrons. The van der Waals surface area contributed by atoms with E-state index in [0.717, 1.165) is 5.56 Å². The largest absolute Gasteiger partial charge is 1.00 e.